The van der Waals surface area contributed by atoms with Crippen LogP contribution in [0.25, 0.3) is 0 Å². The number of isocyanates is 1. The van der Waals surface area contributed by atoms with Gasteiger partial charge in [0.05, 0.1) is 0 Å². The van der Waals surface area contributed by atoms with Gasteiger partial charge in [0.25, 0.3) is 0 Å². The van der Waals surface area contributed by atoms with Crippen LogP contribution in [0, 0.1) is 0 Å². The third-order valence-corrected chi connectivity index (χ3v) is 2.27. The second-order valence-corrected chi connectivity index (χ2v) is 3.85. The molecule has 0 aliphatic heterocycles. The Balaban J connectivity index is 3.34. The van der Waals surface area contributed by atoms with Gasteiger partial charge in [0.15, 0.2) is 21.6 Å². The Morgan fingerprint density at radius 1 is 1.29 bits per heavy atom. The number of aromatic nitrogens is 2. The van der Waals surface area contributed by atoms with Gasteiger partial charge in [-0.3, -0.25) is 0 Å². The lowest BCUT2D eigenvalue weighted by molar-refractivity contribution is 0.565. The van der Waals surface area contributed by atoms with Crippen LogP contribution < -0.4 is 0 Å². The van der Waals surface area contributed by atoms with Crippen LogP contribution in [-0.4, -0.2) is 16.0 Å². The highest BCUT2D eigenvalue weighted by Crippen LogP contribution is 2.32. The minimum absolute atomic E-state index is 0.0248. The quantitative estimate of drug-likeness (QED) is 0.359. The SMILES string of the molecule is O=C=Nc1nc(C(Cl)Cl)nc(Cl)c1Cl. The Kier molecular flexibility index (Phi) is 4.11. The molecule has 1 rings (SSSR count). The predicted octanol–water partition coefficient (Wildman–Crippen LogP) is 3.23. The monoisotopic (exact) mass is 271 g/mol. The number of hydrogen-bond donors (Lipinski definition) is 0. The van der Waals surface area contributed by atoms with E-state index in [1.807, 2.05) is 0 Å². The molecule has 1 heterocycles. The number of hydrogen-bond acceptors (Lipinski definition) is 4. The fourth-order valence-corrected chi connectivity index (χ4v) is 1.13. The number of nitrogens with zero attached hydrogens (tertiary/aromatic N) is 3. The molecule has 0 bridgehead atoms. The Hall–Kier alpha value is -0.380. The topological polar surface area (TPSA) is 55.2 Å². The molecule has 1 aromatic heterocycles. The minimum Gasteiger partial charge on any atom is -0.216 e. The first-order valence-electron chi connectivity index (χ1n) is 3.15. The highest BCUT2D eigenvalue weighted by Gasteiger charge is 2.14. The predicted molar refractivity (Wildman–Crippen MR) is 54.3 cm³/mol. The summed E-state index contributed by atoms with van der Waals surface area (Å²) in [7, 11) is 0. The van der Waals surface area contributed by atoms with Crippen molar-refractivity contribution in [3.63, 3.8) is 0 Å². The highest BCUT2D eigenvalue weighted by atomic mass is 35.5. The molecule has 0 aliphatic carbocycles. The number of aliphatic imine (C=N–C) groups is 1. The molecule has 0 saturated carbocycles. The summed E-state index contributed by atoms with van der Waals surface area (Å²) in [5, 5.41) is -0.121. The molecule has 0 atom stereocenters. The smallest absolute Gasteiger partial charge is 0.216 e. The zero-order chi connectivity index (χ0) is 10.7. The lowest BCUT2D eigenvalue weighted by Crippen LogP contribution is -1.95. The number of carbonyl (C=O) groups excluding carboxylic acids is 1. The summed E-state index contributed by atoms with van der Waals surface area (Å²) in [6.07, 6.45) is 1.27. The largest absolute Gasteiger partial charge is 0.242 e. The molecule has 0 unspecified atom stereocenters. The molecule has 0 aliphatic rings. The first-order chi connectivity index (χ1) is 6.56. The first-order valence-corrected chi connectivity index (χ1v) is 4.78. The van der Waals surface area contributed by atoms with Crippen LogP contribution in [-0.2, 0) is 4.79 Å². The Bertz CT molecular complexity index is 402. The molecule has 74 valence electrons. The summed E-state index contributed by atoms with van der Waals surface area (Å²) in [6.45, 7) is 0. The molecule has 0 radical (unpaired) electrons. The van der Waals surface area contributed by atoms with Gasteiger partial charge in [-0.1, -0.05) is 46.4 Å². The van der Waals surface area contributed by atoms with Gasteiger partial charge in [0, 0.05) is 0 Å². The molecular formula is C6HCl4N3O. The average molecular weight is 273 g/mol. The Labute approximate surface area is 98.9 Å². The third-order valence-electron chi connectivity index (χ3n) is 1.16. The van der Waals surface area contributed by atoms with E-state index in [4.69, 9.17) is 46.4 Å². The van der Waals surface area contributed by atoms with Crippen molar-refractivity contribution in [2.45, 2.75) is 4.84 Å². The second-order valence-electron chi connectivity index (χ2n) is 2.01. The van der Waals surface area contributed by atoms with Crippen LogP contribution in [0.15, 0.2) is 4.99 Å². The summed E-state index contributed by atoms with van der Waals surface area (Å²) in [5.74, 6) is -0.0836. The standard InChI is InChI=1S/C6HCl4N3O/c7-2-4(10)12-6(3(8)9)13-5(2)11-1-14/h3H. The maximum absolute atomic E-state index is 10.00. The molecule has 0 N–H and O–H groups in total. The normalized spacial score (nSPS) is 10.1. The van der Waals surface area contributed by atoms with E-state index >= 15 is 0 Å². The van der Waals surface area contributed by atoms with Crippen molar-refractivity contribution in [2.75, 3.05) is 0 Å². The summed E-state index contributed by atoms with van der Waals surface area (Å²) in [5.41, 5.74) is 0. The van der Waals surface area contributed by atoms with Crippen LogP contribution in [0.2, 0.25) is 10.2 Å². The van der Waals surface area contributed by atoms with E-state index in [1.165, 1.54) is 6.08 Å². The third kappa shape index (κ3) is 2.56. The van der Waals surface area contributed by atoms with Crippen LogP contribution >= 0.6 is 46.4 Å². The Morgan fingerprint density at radius 3 is 2.43 bits per heavy atom. The molecule has 14 heavy (non-hydrogen) atoms. The fraction of sp³-hybridized carbons (Fsp3) is 0.167. The van der Waals surface area contributed by atoms with Crippen molar-refractivity contribution < 1.29 is 4.79 Å². The van der Waals surface area contributed by atoms with Gasteiger partial charge in [0.2, 0.25) is 6.08 Å². The minimum atomic E-state index is -0.967. The van der Waals surface area contributed by atoms with E-state index in [0.29, 0.717) is 0 Å². The van der Waals surface area contributed by atoms with Crippen LogP contribution in [0.4, 0.5) is 5.82 Å². The maximum atomic E-state index is 10.00. The summed E-state index contributed by atoms with van der Waals surface area (Å²) >= 11 is 22.2. The molecule has 0 amide bonds. The van der Waals surface area contributed by atoms with E-state index in [-0.39, 0.29) is 21.8 Å². The highest BCUT2D eigenvalue weighted by molar-refractivity contribution is 6.44. The van der Waals surface area contributed by atoms with Gasteiger partial charge in [-0.15, -0.1) is 4.99 Å². The van der Waals surface area contributed by atoms with E-state index < -0.39 is 4.84 Å². The van der Waals surface area contributed by atoms with E-state index in [2.05, 4.69) is 15.0 Å². The van der Waals surface area contributed by atoms with Gasteiger partial charge in [-0.2, -0.15) is 0 Å². The summed E-state index contributed by atoms with van der Waals surface area (Å²) in [4.78, 5) is 19.6. The number of alkyl halides is 2. The molecule has 0 fully saturated rings. The molecular weight excluding hydrogens is 272 g/mol. The zero-order valence-electron chi connectivity index (χ0n) is 6.34. The summed E-state index contributed by atoms with van der Waals surface area (Å²) in [6, 6.07) is 0. The van der Waals surface area contributed by atoms with E-state index in [0.717, 1.165) is 0 Å². The van der Waals surface area contributed by atoms with Crippen LogP contribution in [0.1, 0.15) is 10.7 Å². The van der Waals surface area contributed by atoms with Gasteiger partial charge in [0.1, 0.15) is 5.02 Å². The van der Waals surface area contributed by atoms with Crippen LogP contribution in [0.5, 0.6) is 0 Å². The van der Waals surface area contributed by atoms with Crippen molar-refractivity contribution in [1.82, 2.24) is 9.97 Å². The zero-order valence-corrected chi connectivity index (χ0v) is 9.36. The van der Waals surface area contributed by atoms with Crippen molar-refractivity contribution in [1.29, 1.82) is 0 Å². The lowest BCUT2D eigenvalue weighted by Gasteiger charge is -2.03. The van der Waals surface area contributed by atoms with Gasteiger partial charge >= 0.3 is 0 Å². The van der Waals surface area contributed by atoms with Crippen molar-refractivity contribution in [3.8, 4) is 0 Å². The molecule has 4 nitrogen and oxygen atoms in total. The molecule has 0 saturated heterocycles. The molecule has 0 spiro atoms. The van der Waals surface area contributed by atoms with Crippen molar-refractivity contribution in [2.24, 2.45) is 4.99 Å². The Morgan fingerprint density at radius 2 is 1.93 bits per heavy atom. The molecule has 8 heteroatoms. The van der Waals surface area contributed by atoms with Crippen molar-refractivity contribution in [3.05, 3.63) is 16.0 Å². The number of rotatable bonds is 2. The number of halogens is 4. The molecule has 0 aromatic carbocycles. The van der Waals surface area contributed by atoms with Crippen LogP contribution in [0.3, 0.4) is 0 Å². The fourth-order valence-electron chi connectivity index (χ4n) is 0.639. The maximum Gasteiger partial charge on any atom is 0.242 e. The average Bonchev–Trinajstić information content (AvgIpc) is 2.12. The van der Waals surface area contributed by atoms with Gasteiger partial charge in [-0.25, -0.2) is 14.8 Å². The van der Waals surface area contributed by atoms with Gasteiger partial charge in [-0.05, 0) is 0 Å². The first kappa shape index (κ1) is 11.7. The van der Waals surface area contributed by atoms with Crippen molar-refractivity contribution >= 4 is 58.3 Å². The molecule has 1 aromatic rings. The lowest BCUT2D eigenvalue weighted by atomic mass is 10.5. The summed E-state index contributed by atoms with van der Waals surface area (Å²) < 4.78 is 0. The van der Waals surface area contributed by atoms with Gasteiger partial charge < -0.3 is 0 Å². The van der Waals surface area contributed by atoms with E-state index in [1.54, 1.807) is 0 Å². The van der Waals surface area contributed by atoms with E-state index in [9.17, 15) is 4.79 Å². The second kappa shape index (κ2) is 4.91.